The zero-order chi connectivity index (χ0) is 14.4. The minimum absolute atomic E-state index is 0.0361. The van der Waals surface area contributed by atoms with Crippen LogP contribution in [0.3, 0.4) is 0 Å². The highest BCUT2D eigenvalue weighted by molar-refractivity contribution is 5.71. The van der Waals surface area contributed by atoms with E-state index in [4.69, 9.17) is 4.74 Å². The van der Waals surface area contributed by atoms with Crippen LogP contribution >= 0.6 is 0 Å². The molecule has 0 unspecified atom stereocenters. The van der Waals surface area contributed by atoms with Gasteiger partial charge in [0.15, 0.2) is 0 Å². The predicted molar refractivity (Wildman–Crippen MR) is 60.4 cm³/mol. The summed E-state index contributed by atoms with van der Waals surface area (Å²) in [5.74, 6) is -4.36. The summed E-state index contributed by atoms with van der Waals surface area (Å²) in [6.07, 6.45) is -2.03. The third-order valence-corrected chi connectivity index (χ3v) is 1.60. The number of nitrogens with one attached hydrogen (secondary N) is 1. The Kier molecular flexibility index (Phi) is 6.00. The number of esters is 1. The Morgan fingerprint density at radius 2 is 1.78 bits per heavy atom. The molecular formula is C11H19F2NO4. The lowest BCUT2D eigenvalue weighted by Crippen LogP contribution is -2.41. The monoisotopic (exact) mass is 267 g/mol. The molecule has 7 heteroatoms. The maximum absolute atomic E-state index is 13.2. The lowest BCUT2D eigenvalue weighted by Gasteiger charge is -2.21. The average Bonchev–Trinajstić information content (AvgIpc) is 2.11. The summed E-state index contributed by atoms with van der Waals surface area (Å²) in [5, 5.41) is 1.91. The average molecular weight is 267 g/mol. The number of carbonyl (C=O) groups is 2. The first-order valence-electron chi connectivity index (χ1n) is 5.56. The summed E-state index contributed by atoms with van der Waals surface area (Å²) in [5.41, 5.74) is -0.763. The topological polar surface area (TPSA) is 64.6 Å². The van der Waals surface area contributed by atoms with E-state index < -0.39 is 36.6 Å². The van der Waals surface area contributed by atoms with E-state index in [1.165, 1.54) is 6.92 Å². The normalized spacial score (nSPS) is 11.9. The van der Waals surface area contributed by atoms with Crippen LogP contribution in [-0.4, -0.2) is 36.7 Å². The second-order valence-electron chi connectivity index (χ2n) is 4.69. The van der Waals surface area contributed by atoms with E-state index in [9.17, 15) is 18.4 Å². The SMILES string of the molecule is CCOC(=O)CC(F)(F)CNC(=O)OC(C)(C)C. The molecule has 18 heavy (non-hydrogen) atoms. The largest absolute Gasteiger partial charge is 0.466 e. The molecule has 1 N–H and O–H groups in total. The lowest BCUT2D eigenvalue weighted by molar-refractivity contribution is -0.150. The summed E-state index contributed by atoms with van der Waals surface area (Å²) in [7, 11) is 0. The molecule has 0 aliphatic heterocycles. The molecule has 0 rings (SSSR count). The van der Waals surface area contributed by atoms with E-state index in [1.807, 2.05) is 5.32 Å². The molecule has 0 saturated heterocycles. The molecule has 0 spiro atoms. The number of ether oxygens (including phenoxy) is 2. The Hall–Kier alpha value is -1.40. The van der Waals surface area contributed by atoms with Crippen LogP contribution in [0.25, 0.3) is 0 Å². The lowest BCUT2D eigenvalue weighted by atomic mass is 10.2. The molecule has 0 saturated carbocycles. The van der Waals surface area contributed by atoms with Crippen molar-refractivity contribution < 1.29 is 27.8 Å². The van der Waals surface area contributed by atoms with Crippen molar-refractivity contribution in [3.05, 3.63) is 0 Å². The van der Waals surface area contributed by atoms with Gasteiger partial charge >= 0.3 is 12.1 Å². The summed E-state index contributed by atoms with van der Waals surface area (Å²) in [6.45, 7) is 5.43. The van der Waals surface area contributed by atoms with Crippen molar-refractivity contribution in [2.24, 2.45) is 0 Å². The summed E-state index contributed by atoms with van der Waals surface area (Å²) in [4.78, 5) is 22.0. The maximum Gasteiger partial charge on any atom is 0.407 e. The van der Waals surface area contributed by atoms with E-state index in [0.29, 0.717) is 0 Å². The minimum Gasteiger partial charge on any atom is -0.466 e. The van der Waals surface area contributed by atoms with Gasteiger partial charge in [-0.2, -0.15) is 0 Å². The first-order chi connectivity index (χ1) is 8.06. The molecule has 0 aromatic carbocycles. The Labute approximate surface area is 105 Å². The summed E-state index contributed by atoms with van der Waals surface area (Å²) < 4.78 is 35.6. The Morgan fingerprint density at radius 1 is 1.22 bits per heavy atom. The van der Waals surface area contributed by atoms with Crippen molar-refractivity contribution in [1.82, 2.24) is 5.32 Å². The second kappa shape index (κ2) is 6.51. The number of amides is 1. The van der Waals surface area contributed by atoms with Gasteiger partial charge in [-0.25, -0.2) is 13.6 Å². The van der Waals surface area contributed by atoms with Crippen molar-refractivity contribution >= 4 is 12.1 Å². The van der Waals surface area contributed by atoms with E-state index >= 15 is 0 Å². The van der Waals surface area contributed by atoms with Crippen LogP contribution < -0.4 is 5.32 Å². The molecule has 0 heterocycles. The number of alkyl halides is 2. The number of carbonyl (C=O) groups excluding carboxylic acids is 2. The van der Waals surface area contributed by atoms with E-state index in [0.717, 1.165) is 0 Å². The van der Waals surface area contributed by atoms with Crippen LogP contribution in [0.1, 0.15) is 34.1 Å². The van der Waals surface area contributed by atoms with E-state index in [-0.39, 0.29) is 6.61 Å². The van der Waals surface area contributed by atoms with Gasteiger partial charge in [0.25, 0.3) is 5.92 Å². The minimum atomic E-state index is -3.36. The van der Waals surface area contributed by atoms with Gasteiger partial charge in [-0.3, -0.25) is 4.79 Å². The van der Waals surface area contributed by atoms with Gasteiger partial charge in [-0.1, -0.05) is 0 Å². The highest BCUT2D eigenvalue weighted by Crippen LogP contribution is 2.18. The van der Waals surface area contributed by atoms with Gasteiger partial charge in [0.1, 0.15) is 12.0 Å². The number of halogens is 2. The quantitative estimate of drug-likeness (QED) is 0.775. The van der Waals surface area contributed by atoms with Crippen molar-refractivity contribution in [2.75, 3.05) is 13.2 Å². The number of hydrogen-bond donors (Lipinski definition) is 1. The number of alkyl carbamates (subject to hydrolysis) is 1. The summed E-state index contributed by atoms with van der Waals surface area (Å²) >= 11 is 0. The number of rotatable bonds is 5. The fourth-order valence-corrected chi connectivity index (χ4v) is 1.00. The van der Waals surface area contributed by atoms with Crippen LogP contribution in [0.5, 0.6) is 0 Å². The third-order valence-electron chi connectivity index (χ3n) is 1.60. The molecule has 0 aromatic rings. The standard InChI is InChI=1S/C11H19F2NO4/c1-5-17-8(15)6-11(12,13)7-14-9(16)18-10(2,3)4/h5-7H2,1-4H3,(H,14,16). The van der Waals surface area contributed by atoms with Crippen molar-refractivity contribution in [3.63, 3.8) is 0 Å². The van der Waals surface area contributed by atoms with Crippen LogP contribution in [0, 0.1) is 0 Å². The van der Waals surface area contributed by atoms with Crippen molar-refractivity contribution in [2.45, 2.75) is 45.6 Å². The molecular weight excluding hydrogens is 248 g/mol. The Bertz CT molecular complexity index is 300. The predicted octanol–water partition coefficient (Wildman–Crippen LogP) is 2.10. The molecule has 0 aromatic heterocycles. The zero-order valence-corrected chi connectivity index (χ0v) is 11.0. The van der Waals surface area contributed by atoms with Crippen LogP contribution in [0.4, 0.5) is 13.6 Å². The molecule has 0 fully saturated rings. The highest BCUT2D eigenvalue weighted by Gasteiger charge is 2.34. The van der Waals surface area contributed by atoms with Gasteiger partial charge in [-0.15, -0.1) is 0 Å². The molecule has 0 aliphatic rings. The van der Waals surface area contributed by atoms with Gasteiger partial charge in [0.05, 0.1) is 13.2 Å². The molecule has 106 valence electrons. The first-order valence-corrected chi connectivity index (χ1v) is 5.56. The maximum atomic E-state index is 13.2. The Morgan fingerprint density at radius 3 is 2.22 bits per heavy atom. The van der Waals surface area contributed by atoms with Crippen LogP contribution in [-0.2, 0) is 14.3 Å². The second-order valence-corrected chi connectivity index (χ2v) is 4.69. The van der Waals surface area contributed by atoms with Gasteiger partial charge < -0.3 is 14.8 Å². The van der Waals surface area contributed by atoms with Crippen molar-refractivity contribution in [1.29, 1.82) is 0 Å². The van der Waals surface area contributed by atoms with E-state index in [1.54, 1.807) is 20.8 Å². The fraction of sp³-hybridized carbons (Fsp3) is 0.818. The smallest absolute Gasteiger partial charge is 0.407 e. The van der Waals surface area contributed by atoms with Gasteiger partial charge in [-0.05, 0) is 27.7 Å². The Balaban J connectivity index is 4.10. The molecule has 0 bridgehead atoms. The molecule has 5 nitrogen and oxygen atoms in total. The van der Waals surface area contributed by atoms with Gasteiger partial charge in [0.2, 0.25) is 0 Å². The molecule has 0 aliphatic carbocycles. The van der Waals surface area contributed by atoms with E-state index in [2.05, 4.69) is 4.74 Å². The van der Waals surface area contributed by atoms with Crippen LogP contribution in [0.15, 0.2) is 0 Å². The molecule has 0 radical (unpaired) electrons. The van der Waals surface area contributed by atoms with Gasteiger partial charge in [0, 0.05) is 0 Å². The first kappa shape index (κ1) is 16.6. The third kappa shape index (κ3) is 8.72. The fourth-order valence-electron chi connectivity index (χ4n) is 1.00. The molecule has 1 amide bonds. The van der Waals surface area contributed by atoms with Crippen LogP contribution in [0.2, 0.25) is 0 Å². The summed E-state index contributed by atoms with van der Waals surface area (Å²) in [6, 6.07) is 0. The highest BCUT2D eigenvalue weighted by atomic mass is 19.3. The molecule has 0 atom stereocenters. The number of hydrogen-bond acceptors (Lipinski definition) is 4. The zero-order valence-electron chi connectivity index (χ0n) is 11.0. The van der Waals surface area contributed by atoms with Crippen molar-refractivity contribution in [3.8, 4) is 0 Å².